The van der Waals surface area contributed by atoms with Crippen LogP contribution in [-0.4, -0.2) is 11.7 Å². The molecule has 0 amide bonds. The standard InChI is InChI=1S/C16H17F2NO2/c1-2-21-16-6-4-13(8-12(16)10-20)19-9-11-3-5-14(17)15(18)7-11/h3-8,19-20H,2,9-10H2,1H3. The number of rotatable bonds is 6. The molecule has 0 saturated heterocycles. The van der Waals surface area contributed by atoms with Crippen molar-refractivity contribution in [1.29, 1.82) is 0 Å². The summed E-state index contributed by atoms with van der Waals surface area (Å²) in [5.41, 5.74) is 2.08. The van der Waals surface area contributed by atoms with Gasteiger partial charge in [-0.2, -0.15) is 0 Å². The van der Waals surface area contributed by atoms with E-state index in [-0.39, 0.29) is 6.61 Å². The molecule has 5 heteroatoms. The monoisotopic (exact) mass is 293 g/mol. The molecule has 0 atom stereocenters. The van der Waals surface area contributed by atoms with Crippen molar-refractivity contribution < 1.29 is 18.6 Å². The minimum absolute atomic E-state index is 0.129. The number of ether oxygens (including phenoxy) is 1. The number of nitrogens with one attached hydrogen (secondary N) is 1. The van der Waals surface area contributed by atoms with E-state index in [1.165, 1.54) is 6.07 Å². The Morgan fingerprint density at radius 2 is 1.90 bits per heavy atom. The summed E-state index contributed by atoms with van der Waals surface area (Å²) in [7, 11) is 0. The Bertz CT molecular complexity index is 617. The molecule has 2 N–H and O–H groups in total. The van der Waals surface area contributed by atoms with E-state index >= 15 is 0 Å². The van der Waals surface area contributed by atoms with Crippen LogP contribution in [0.15, 0.2) is 36.4 Å². The van der Waals surface area contributed by atoms with Gasteiger partial charge in [0.25, 0.3) is 0 Å². The highest BCUT2D eigenvalue weighted by molar-refractivity contribution is 5.51. The molecule has 0 heterocycles. The van der Waals surface area contributed by atoms with E-state index in [2.05, 4.69) is 5.32 Å². The van der Waals surface area contributed by atoms with Gasteiger partial charge in [0, 0.05) is 17.8 Å². The van der Waals surface area contributed by atoms with Crippen LogP contribution in [0.1, 0.15) is 18.1 Å². The van der Waals surface area contributed by atoms with Gasteiger partial charge in [-0.3, -0.25) is 0 Å². The Morgan fingerprint density at radius 1 is 1.10 bits per heavy atom. The highest BCUT2D eigenvalue weighted by Crippen LogP contribution is 2.23. The normalized spacial score (nSPS) is 10.5. The molecule has 3 nitrogen and oxygen atoms in total. The molecule has 0 fully saturated rings. The molecule has 0 aliphatic rings. The first kappa shape index (κ1) is 15.3. The molecule has 0 unspecified atom stereocenters. The lowest BCUT2D eigenvalue weighted by Crippen LogP contribution is -2.02. The summed E-state index contributed by atoms with van der Waals surface area (Å²) in [6.45, 7) is 2.62. The fourth-order valence-electron chi connectivity index (χ4n) is 1.96. The van der Waals surface area contributed by atoms with Crippen molar-refractivity contribution in [2.24, 2.45) is 0 Å². The molecule has 0 radical (unpaired) electrons. The largest absolute Gasteiger partial charge is 0.494 e. The van der Waals surface area contributed by atoms with Gasteiger partial charge in [-0.15, -0.1) is 0 Å². The van der Waals surface area contributed by atoms with Gasteiger partial charge in [-0.1, -0.05) is 6.07 Å². The molecule has 0 aromatic heterocycles. The maximum absolute atomic E-state index is 13.1. The fraction of sp³-hybridized carbons (Fsp3) is 0.250. The number of aliphatic hydroxyl groups is 1. The second-order valence-corrected chi connectivity index (χ2v) is 4.52. The van der Waals surface area contributed by atoms with E-state index < -0.39 is 11.6 Å². The van der Waals surface area contributed by atoms with Gasteiger partial charge >= 0.3 is 0 Å². The molecule has 0 aliphatic heterocycles. The zero-order valence-corrected chi connectivity index (χ0v) is 11.7. The Kier molecular flexibility index (Phi) is 5.11. The van der Waals surface area contributed by atoms with Crippen molar-refractivity contribution in [3.8, 4) is 5.75 Å². The van der Waals surface area contributed by atoms with Gasteiger partial charge in [0.15, 0.2) is 11.6 Å². The molecule has 2 rings (SSSR count). The van der Waals surface area contributed by atoms with Crippen molar-refractivity contribution in [2.75, 3.05) is 11.9 Å². The second kappa shape index (κ2) is 7.04. The van der Waals surface area contributed by atoms with Crippen LogP contribution in [0.25, 0.3) is 0 Å². The molecule has 21 heavy (non-hydrogen) atoms. The number of benzene rings is 2. The first-order valence-electron chi connectivity index (χ1n) is 6.68. The van der Waals surface area contributed by atoms with Crippen LogP contribution in [-0.2, 0) is 13.2 Å². The average molecular weight is 293 g/mol. The van der Waals surface area contributed by atoms with Crippen LogP contribution in [0.3, 0.4) is 0 Å². The maximum Gasteiger partial charge on any atom is 0.159 e. The topological polar surface area (TPSA) is 41.5 Å². The van der Waals surface area contributed by atoms with Crippen molar-refractivity contribution in [3.05, 3.63) is 59.2 Å². The lowest BCUT2D eigenvalue weighted by Gasteiger charge is -2.12. The van der Waals surface area contributed by atoms with Gasteiger partial charge < -0.3 is 15.2 Å². The maximum atomic E-state index is 13.1. The third kappa shape index (κ3) is 3.92. The summed E-state index contributed by atoms with van der Waals surface area (Å²) in [6, 6.07) is 9.12. The minimum Gasteiger partial charge on any atom is -0.494 e. The van der Waals surface area contributed by atoms with Crippen molar-refractivity contribution in [1.82, 2.24) is 0 Å². The predicted octanol–water partition coefficient (Wildman–Crippen LogP) is 3.47. The molecule has 0 bridgehead atoms. The van der Waals surface area contributed by atoms with Crippen LogP contribution in [0.4, 0.5) is 14.5 Å². The number of anilines is 1. The Morgan fingerprint density at radius 3 is 2.57 bits per heavy atom. The summed E-state index contributed by atoms with van der Waals surface area (Å²) >= 11 is 0. The summed E-state index contributed by atoms with van der Waals surface area (Å²) in [4.78, 5) is 0. The molecule has 0 spiro atoms. The summed E-state index contributed by atoms with van der Waals surface area (Å²) < 4.78 is 31.3. The lowest BCUT2D eigenvalue weighted by atomic mass is 10.1. The first-order valence-corrected chi connectivity index (χ1v) is 6.68. The van der Waals surface area contributed by atoms with Crippen molar-refractivity contribution >= 4 is 5.69 Å². The van der Waals surface area contributed by atoms with Crippen LogP contribution in [0.5, 0.6) is 5.75 Å². The SMILES string of the molecule is CCOc1ccc(NCc2ccc(F)c(F)c2)cc1CO. The van der Waals surface area contributed by atoms with E-state index in [9.17, 15) is 13.9 Å². The smallest absolute Gasteiger partial charge is 0.159 e. The molecule has 0 aliphatic carbocycles. The Balaban J connectivity index is 2.07. The molecule has 0 saturated carbocycles. The number of hydrogen-bond acceptors (Lipinski definition) is 3. The fourth-order valence-corrected chi connectivity index (χ4v) is 1.96. The third-order valence-electron chi connectivity index (χ3n) is 3.01. The third-order valence-corrected chi connectivity index (χ3v) is 3.01. The first-order chi connectivity index (χ1) is 10.1. The Hall–Kier alpha value is -2.14. The van der Waals surface area contributed by atoms with Crippen LogP contribution < -0.4 is 10.1 Å². The lowest BCUT2D eigenvalue weighted by molar-refractivity contribution is 0.267. The molecule has 112 valence electrons. The van der Waals surface area contributed by atoms with Gasteiger partial charge in [0.05, 0.1) is 13.2 Å². The number of halogens is 2. The van der Waals surface area contributed by atoms with Crippen LogP contribution in [0.2, 0.25) is 0 Å². The van der Waals surface area contributed by atoms with Crippen LogP contribution in [0, 0.1) is 11.6 Å². The van der Waals surface area contributed by atoms with Gasteiger partial charge in [-0.05, 0) is 42.8 Å². The molecular weight excluding hydrogens is 276 g/mol. The molecule has 2 aromatic rings. The summed E-state index contributed by atoms with van der Waals surface area (Å²) in [6.07, 6.45) is 0. The van der Waals surface area contributed by atoms with E-state index in [1.54, 1.807) is 12.1 Å². The van der Waals surface area contributed by atoms with Crippen LogP contribution >= 0.6 is 0 Å². The van der Waals surface area contributed by atoms with E-state index in [0.717, 1.165) is 17.8 Å². The Labute approximate surface area is 122 Å². The van der Waals surface area contributed by atoms with E-state index in [4.69, 9.17) is 4.74 Å². The predicted molar refractivity (Wildman–Crippen MR) is 77.2 cm³/mol. The van der Waals surface area contributed by atoms with E-state index in [0.29, 0.717) is 30.0 Å². The quantitative estimate of drug-likeness (QED) is 0.857. The van der Waals surface area contributed by atoms with Crippen molar-refractivity contribution in [3.63, 3.8) is 0 Å². The highest BCUT2D eigenvalue weighted by atomic mass is 19.2. The zero-order valence-electron chi connectivity index (χ0n) is 11.7. The van der Waals surface area contributed by atoms with Gasteiger partial charge in [0.1, 0.15) is 5.75 Å². The second-order valence-electron chi connectivity index (χ2n) is 4.52. The summed E-state index contributed by atoms with van der Waals surface area (Å²) in [5.74, 6) is -1.09. The summed E-state index contributed by atoms with van der Waals surface area (Å²) in [5, 5.41) is 12.4. The van der Waals surface area contributed by atoms with Crippen molar-refractivity contribution in [2.45, 2.75) is 20.1 Å². The number of aliphatic hydroxyl groups excluding tert-OH is 1. The molecular formula is C16H17F2NO2. The number of hydrogen-bond donors (Lipinski definition) is 2. The van der Waals surface area contributed by atoms with Gasteiger partial charge in [0.2, 0.25) is 0 Å². The minimum atomic E-state index is -0.864. The zero-order chi connectivity index (χ0) is 15.2. The van der Waals surface area contributed by atoms with E-state index in [1.807, 2.05) is 13.0 Å². The molecule has 2 aromatic carbocycles. The highest BCUT2D eigenvalue weighted by Gasteiger charge is 2.05. The average Bonchev–Trinajstić information content (AvgIpc) is 2.49. The van der Waals surface area contributed by atoms with Gasteiger partial charge in [-0.25, -0.2) is 8.78 Å².